The second-order valence-corrected chi connectivity index (χ2v) is 5.71. The topological polar surface area (TPSA) is 64.9 Å². The summed E-state index contributed by atoms with van der Waals surface area (Å²) in [5, 5.41) is 8.16. The molecule has 0 aliphatic rings. The lowest BCUT2D eigenvalue weighted by molar-refractivity contribution is 0.528. The van der Waals surface area contributed by atoms with Gasteiger partial charge in [0, 0.05) is 16.1 Å². The predicted octanol–water partition coefficient (Wildman–Crippen LogP) is 3.92. The van der Waals surface area contributed by atoms with Crippen molar-refractivity contribution in [1.82, 2.24) is 10.2 Å². The quantitative estimate of drug-likeness (QED) is 0.584. The molecule has 0 amide bonds. The van der Waals surface area contributed by atoms with Gasteiger partial charge in [-0.1, -0.05) is 24.3 Å². The summed E-state index contributed by atoms with van der Waals surface area (Å²) in [4.78, 5) is 1.04. The van der Waals surface area contributed by atoms with Crippen molar-refractivity contribution in [2.45, 2.75) is 17.6 Å². The fourth-order valence-corrected chi connectivity index (χ4v) is 2.81. The minimum absolute atomic E-state index is 0.545. The van der Waals surface area contributed by atoms with E-state index < -0.39 is 0 Å². The van der Waals surface area contributed by atoms with Crippen molar-refractivity contribution in [3.63, 3.8) is 0 Å². The smallest absolute Gasteiger partial charge is 0.247 e. The molecule has 0 fully saturated rings. The van der Waals surface area contributed by atoms with Crippen molar-refractivity contribution in [2.24, 2.45) is 0 Å². The third-order valence-corrected chi connectivity index (χ3v) is 4.06. The van der Waals surface area contributed by atoms with Gasteiger partial charge in [0.05, 0.1) is 5.75 Å². The molecule has 1 heterocycles. The van der Waals surface area contributed by atoms with Gasteiger partial charge in [-0.2, -0.15) is 0 Å². The highest BCUT2D eigenvalue weighted by atomic mass is 32.2. The van der Waals surface area contributed by atoms with E-state index in [2.05, 4.69) is 16.3 Å². The monoisotopic (exact) mass is 297 g/mol. The van der Waals surface area contributed by atoms with Crippen molar-refractivity contribution < 1.29 is 4.42 Å². The number of nitrogens with zero attached hydrogens (tertiary/aromatic N) is 2. The molecule has 2 aromatic carbocycles. The van der Waals surface area contributed by atoms with E-state index in [9.17, 15) is 0 Å². The molecule has 21 heavy (non-hydrogen) atoms. The molecule has 3 aromatic rings. The number of hydrogen-bond donors (Lipinski definition) is 1. The zero-order valence-corrected chi connectivity index (χ0v) is 12.4. The van der Waals surface area contributed by atoms with Gasteiger partial charge in [0.1, 0.15) is 0 Å². The van der Waals surface area contributed by atoms with Crippen LogP contribution in [0, 0.1) is 6.92 Å². The lowest BCUT2D eigenvalue weighted by atomic mass is 10.2. The lowest BCUT2D eigenvalue weighted by Gasteiger charge is -2.04. The predicted molar refractivity (Wildman–Crippen MR) is 84.9 cm³/mol. The molecule has 0 bridgehead atoms. The fourth-order valence-electron chi connectivity index (χ4n) is 1.92. The van der Waals surface area contributed by atoms with E-state index >= 15 is 0 Å². The Bertz CT molecular complexity index is 740. The van der Waals surface area contributed by atoms with Crippen molar-refractivity contribution >= 4 is 17.4 Å². The van der Waals surface area contributed by atoms with E-state index in [1.807, 2.05) is 49.4 Å². The van der Waals surface area contributed by atoms with Crippen molar-refractivity contribution in [3.05, 3.63) is 60.0 Å². The standard InChI is InChI=1S/C16H15N3OS/c1-11-7-8-13(17)14(9-11)21-10-15-18-19-16(20-15)12-5-3-2-4-6-12/h2-9H,10,17H2,1H3. The Morgan fingerprint density at radius 2 is 1.90 bits per heavy atom. The van der Waals surface area contributed by atoms with Crippen LogP contribution in [0.25, 0.3) is 11.5 Å². The maximum absolute atomic E-state index is 5.96. The second-order valence-electron chi connectivity index (χ2n) is 4.70. The van der Waals surface area contributed by atoms with Crippen LogP contribution >= 0.6 is 11.8 Å². The Hall–Kier alpha value is -2.27. The highest BCUT2D eigenvalue weighted by molar-refractivity contribution is 7.98. The first-order valence-corrected chi connectivity index (χ1v) is 7.57. The normalized spacial score (nSPS) is 10.7. The van der Waals surface area contributed by atoms with Gasteiger partial charge in [0.2, 0.25) is 11.8 Å². The average molecular weight is 297 g/mol. The first-order chi connectivity index (χ1) is 10.2. The van der Waals surface area contributed by atoms with Crippen molar-refractivity contribution in [3.8, 4) is 11.5 Å². The third-order valence-electron chi connectivity index (χ3n) is 3.01. The molecule has 0 unspecified atom stereocenters. The van der Waals surface area contributed by atoms with Crippen molar-refractivity contribution in [2.75, 3.05) is 5.73 Å². The van der Waals surface area contributed by atoms with Crippen LogP contribution in [-0.4, -0.2) is 10.2 Å². The largest absolute Gasteiger partial charge is 0.420 e. The Labute approximate surface area is 127 Å². The van der Waals surface area contributed by atoms with E-state index in [0.717, 1.165) is 16.1 Å². The van der Waals surface area contributed by atoms with Crippen LogP contribution in [0.4, 0.5) is 5.69 Å². The Morgan fingerprint density at radius 3 is 2.71 bits per heavy atom. The minimum Gasteiger partial charge on any atom is -0.420 e. The van der Waals surface area contributed by atoms with Gasteiger partial charge in [-0.25, -0.2) is 0 Å². The summed E-state index contributed by atoms with van der Waals surface area (Å²) in [5.41, 5.74) is 8.84. The molecule has 106 valence electrons. The van der Waals surface area contributed by atoms with Gasteiger partial charge in [-0.3, -0.25) is 0 Å². The molecule has 0 saturated carbocycles. The zero-order valence-electron chi connectivity index (χ0n) is 11.6. The first-order valence-electron chi connectivity index (χ1n) is 6.59. The van der Waals surface area contributed by atoms with Gasteiger partial charge in [0.25, 0.3) is 0 Å². The number of benzene rings is 2. The van der Waals surface area contributed by atoms with Gasteiger partial charge in [-0.15, -0.1) is 22.0 Å². The molecule has 0 radical (unpaired) electrons. The van der Waals surface area contributed by atoms with Crippen LogP contribution < -0.4 is 5.73 Å². The molecule has 0 saturated heterocycles. The van der Waals surface area contributed by atoms with Crippen LogP contribution in [0.2, 0.25) is 0 Å². The van der Waals surface area contributed by atoms with Gasteiger partial charge in [0.15, 0.2) is 0 Å². The lowest BCUT2D eigenvalue weighted by Crippen LogP contribution is -1.90. The van der Waals surface area contributed by atoms with E-state index in [0.29, 0.717) is 17.5 Å². The molecular formula is C16H15N3OS. The minimum atomic E-state index is 0.545. The molecule has 0 aliphatic carbocycles. The molecule has 0 spiro atoms. The number of nitrogen functional groups attached to an aromatic ring is 1. The summed E-state index contributed by atoms with van der Waals surface area (Å²) in [5.74, 6) is 1.75. The third kappa shape index (κ3) is 3.25. The highest BCUT2D eigenvalue weighted by Crippen LogP contribution is 2.29. The van der Waals surface area contributed by atoms with Gasteiger partial charge >= 0.3 is 0 Å². The highest BCUT2D eigenvalue weighted by Gasteiger charge is 2.09. The zero-order chi connectivity index (χ0) is 14.7. The molecule has 4 nitrogen and oxygen atoms in total. The maximum Gasteiger partial charge on any atom is 0.247 e. The van der Waals surface area contributed by atoms with E-state index in [1.165, 1.54) is 5.56 Å². The molecule has 0 atom stereocenters. The average Bonchev–Trinajstić information content (AvgIpc) is 2.98. The van der Waals surface area contributed by atoms with Crippen LogP contribution in [0.5, 0.6) is 0 Å². The Morgan fingerprint density at radius 1 is 1.10 bits per heavy atom. The number of rotatable bonds is 4. The number of thioether (sulfide) groups is 1. The van der Waals surface area contributed by atoms with E-state index in [1.54, 1.807) is 11.8 Å². The maximum atomic E-state index is 5.96. The summed E-state index contributed by atoms with van der Waals surface area (Å²) >= 11 is 1.60. The second kappa shape index (κ2) is 6.01. The molecule has 0 aliphatic heterocycles. The number of aromatic nitrogens is 2. The van der Waals surface area contributed by atoms with Crippen LogP contribution in [-0.2, 0) is 5.75 Å². The summed E-state index contributed by atoms with van der Waals surface area (Å²) in [6.45, 7) is 2.05. The number of hydrogen-bond acceptors (Lipinski definition) is 5. The van der Waals surface area contributed by atoms with Crippen LogP contribution in [0.1, 0.15) is 11.5 Å². The number of nitrogens with two attached hydrogens (primary N) is 1. The summed E-state index contributed by atoms with van der Waals surface area (Å²) in [7, 11) is 0. The molecule has 1 aromatic heterocycles. The Balaban J connectivity index is 1.72. The molecular weight excluding hydrogens is 282 g/mol. The van der Waals surface area contributed by atoms with Crippen LogP contribution in [0.3, 0.4) is 0 Å². The number of anilines is 1. The SMILES string of the molecule is Cc1ccc(N)c(SCc2nnc(-c3ccccc3)o2)c1. The molecule has 2 N–H and O–H groups in total. The molecule has 5 heteroatoms. The van der Waals surface area contributed by atoms with E-state index in [-0.39, 0.29) is 0 Å². The van der Waals surface area contributed by atoms with E-state index in [4.69, 9.17) is 10.2 Å². The molecule has 3 rings (SSSR count). The van der Waals surface area contributed by atoms with Crippen LogP contribution in [0.15, 0.2) is 57.8 Å². The first kappa shape index (κ1) is 13.7. The Kier molecular flexibility index (Phi) is 3.92. The summed E-state index contributed by atoms with van der Waals surface area (Å²) < 4.78 is 5.68. The van der Waals surface area contributed by atoms with Crippen molar-refractivity contribution in [1.29, 1.82) is 0 Å². The summed E-state index contributed by atoms with van der Waals surface area (Å²) in [6, 6.07) is 15.7. The summed E-state index contributed by atoms with van der Waals surface area (Å²) in [6.07, 6.45) is 0. The number of aryl methyl sites for hydroxylation is 1. The van der Waals surface area contributed by atoms with Gasteiger partial charge in [-0.05, 0) is 36.8 Å². The van der Waals surface area contributed by atoms with Gasteiger partial charge < -0.3 is 10.2 Å². The fraction of sp³-hybridized carbons (Fsp3) is 0.125.